The van der Waals surface area contributed by atoms with Crippen molar-refractivity contribution in [3.63, 3.8) is 0 Å². The van der Waals surface area contributed by atoms with E-state index in [1.54, 1.807) is 25.1 Å². The summed E-state index contributed by atoms with van der Waals surface area (Å²) in [5.41, 5.74) is -0.0111. The van der Waals surface area contributed by atoms with Crippen molar-refractivity contribution in [3.05, 3.63) is 41.2 Å². The summed E-state index contributed by atoms with van der Waals surface area (Å²) in [6.45, 7) is 1.59. The molecule has 0 bridgehead atoms. The number of carbonyl (C=O) groups is 2. The first-order valence-electron chi connectivity index (χ1n) is 5.93. The third-order valence-corrected chi connectivity index (χ3v) is 3.12. The molecule has 0 aliphatic heterocycles. The van der Waals surface area contributed by atoms with Crippen LogP contribution in [0.25, 0.3) is 6.08 Å². The van der Waals surface area contributed by atoms with Gasteiger partial charge in [-0.15, -0.1) is 0 Å². The molecular formula is C14H14FNO3. The maximum absolute atomic E-state index is 12.7. The zero-order chi connectivity index (χ0) is 14.0. The molecule has 19 heavy (non-hydrogen) atoms. The van der Waals surface area contributed by atoms with E-state index >= 15 is 0 Å². The van der Waals surface area contributed by atoms with Crippen LogP contribution in [0.4, 0.5) is 4.39 Å². The second-order valence-corrected chi connectivity index (χ2v) is 4.72. The molecular weight excluding hydrogens is 249 g/mol. The Balaban J connectivity index is 2.07. The molecule has 1 aromatic carbocycles. The Kier molecular flexibility index (Phi) is 3.38. The molecule has 5 heteroatoms. The average Bonchev–Trinajstić information content (AvgIpc) is 3.13. The predicted octanol–water partition coefficient (Wildman–Crippen LogP) is 1.96. The van der Waals surface area contributed by atoms with E-state index < -0.39 is 17.4 Å². The van der Waals surface area contributed by atoms with Crippen molar-refractivity contribution < 1.29 is 19.1 Å². The Morgan fingerprint density at radius 2 is 1.89 bits per heavy atom. The number of rotatable bonds is 4. The van der Waals surface area contributed by atoms with E-state index in [2.05, 4.69) is 5.32 Å². The van der Waals surface area contributed by atoms with Gasteiger partial charge in [0.25, 0.3) is 0 Å². The zero-order valence-electron chi connectivity index (χ0n) is 10.4. The van der Waals surface area contributed by atoms with E-state index in [9.17, 15) is 14.0 Å². The summed E-state index contributed by atoms with van der Waals surface area (Å²) in [7, 11) is 0. The first-order chi connectivity index (χ1) is 8.93. The Morgan fingerprint density at radius 1 is 1.32 bits per heavy atom. The topological polar surface area (TPSA) is 66.4 Å². The quantitative estimate of drug-likeness (QED) is 0.816. The third kappa shape index (κ3) is 2.99. The van der Waals surface area contributed by atoms with Gasteiger partial charge in [0.2, 0.25) is 5.91 Å². The lowest BCUT2D eigenvalue weighted by molar-refractivity contribution is -0.142. The van der Waals surface area contributed by atoms with Crippen LogP contribution in [0.15, 0.2) is 29.8 Å². The summed E-state index contributed by atoms with van der Waals surface area (Å²) in [5, 5.41) is 11.5. The van der Waals surface area contributed by atoms with Gasteiger partial charge in [0.05, 0.1) is 0 Å². The second-order valence-electron chi connectivity index (χ2n) is 4.72. The number of amides is 1. The SMILES string of the molecule is CC(=Cc1ccc(F)cc1)C(=O)NC1(C(=O)O)CC1. The van der Waals surface area contributed by atoms with E-state index in [0.717, 1.165) is 0 Å². The molecule has 1 saturated carbocycles. The largest absolute Gasteiger partial charge is 0.480 e. The summed E-state index contributed by atoms with van der Waals surface area (Å²) in [6, 6.07) is 5.71. The van der Waals surface area contributed by atoms with E-state index in [0.29, 0.717) is 24.0 Å². The molecule has 1 fully saturated rings. The van der Waals surface area contributed by atoms with Crippen LogP contribution in [-0.4, -0.2) is 22.5 Å². The van der Waals surface area contributed by atoms with Gasteiger partial charge in [-0.1, -0.05) is 12.1 Å². The molecule has 0 saturated heterocycles. The van der Waals surface area contributed by atoms with Crippen molar-refractivity contribution in [3.8, 4) is 0 Å². The van der Waals surface area contributed by atoms with E-state index in [4.69, 9.17) is 5.11 Å². The number of carboxylic acids is 1. The van der Waals surface area contributed by atoms with Crippen molar-refractivity contribution in [2.75, 3.05) is 0 Å². The molecule has 0 radical (unpaired) electrons. The Morgan fingerprint density at radius 3 is 2.37 bits per heavy atom. The highest BCUT2D eigenvalue weighted by Crippen LogP contribution is 2.35. The van der Waals surface area contributed by atoms with Crippen LogP contribution < -0.4 is 5.32 Å². The van der Waals surface area contributed by atoms with Gasteiger partial charge in [-0.3, -0.25) is 4.79 Å². The van der Waals surface area contributed by atoms with Gasteiger partial charge in [-0.25, -0.2) is 9.18 Å². The van der Waals surface area contributed by atoms with Gasteiger partial charge in [-0.05, 0) is 43.5 Å². The Hall–Kier alpha value is -2.17. The van der Waals surface area contributed by atoms with Gasteiger partial charge < -0.3 is 10.4 Å². The molecule has 0 spiro atoms. The van der Waals surface area contributed by atoms with Crippen LogP contribution in [0, 0.1) is 5.82 Å². The van der Waals surface area contributed by atoms with Crippen LogP contribution in [0.3, 0.4) is 0 Å². The van der Waals surface area contributed by atoms with Crippen molar-refractivity contribution in [2.24, 2.45) is 0 Å². The minimum absolute atomic E-state index is 0.345. The lowest BCUT2D eigenvalue weighted by Crippen LogP contribution is -2.43. The summed E-state index contributed by atoms with van der Waals surface area (Å²) in [5.74, 6) is -1.76. The number of carboxylic acid groups (broad SMARTS) is 1. The van der Waals surface area contributed by atoms with Gasteiger partial charge in [0.15, 0.2) is 0 Å². The molecule has 0 heterocycles. The minimum atomic E-state index is -1.09. The molecule has 1 aromatic rings. The van der Waals surface area contributed by atoms with E-state index in [1.807, 2.05) is 0 Å². The summed E-state index contributed by atoms with van der Waals surface area (Å²) < 4.78 is 12.7. The fourth-order valence-electron chi connectivity index (χ4n) is 1.71. The predicted molar refractivity (Wildman–Crippen MR) is 67.8 cm³/mol. The number of carbonyl (C=O) groups excluding carboxylic acids is 1. The van der Waals surface area contributed by atoms with Crippen LogP contribution >= 0.6 is 0 Å². The van der Waals surface area contributed by atoms with Crippen molar-refractivity contribution in [1.82, 2.24) is 5.32 Å². The van der Waals surface area contributed by atoms with Crippen LogP contribution in [0.2, 0.25) is 0 Å². The number of hydrogen-bond acceptors (Lipinski definition) is 2. The Bertz CT molecular complexity index is 544. The molecule has 4 nitrogen and oxygen atoms in total. The molecule has 2 rings (SSSR count). The maximum Gasteiger partial charge on any atom is 0.329 e. The normalized spacial score (nSPS) is 16.8. The summed E-state index contributed by atoms with van der Waals surface area (Å²) in [4.78, 5) is 22.8. The van der Waals surface area contributed by atoms with Crippen molar-refractivity contribution >= 4 is 18.0 Å². The maximum atomic E-state index is 12.7. The molecule has 100 valence electrons. The third-order valence-electron chi connectivity index (χ3n) is 3.12. The van der Waals surface area contributed by atoms with E-state index in [1.165, 1.54) is 12.1 Å². The van der Waals surface area contributed by atoms with E-state index in [-0.39, 0.29) is 5.82 Å². The molecule has 1 amide bonds. The summed E-state index contributed by atoms with van der Waals surface area (Å²) >= 11 is 0. The van der Waals surface area contributed by atoms with Crippen molar-refractivity contribution in [2.45, 2.75) is 25.3 Å². The second kappa shape index (κ2) is 4.84. The monoisotopic (exact) mass is 263 g/mol. The highest BCUT2D eigenvalue weighted by molar-refractivity contribution is 6.01. The van der Waals surface area contributed by atoms with Gasteiger partial charge >= 0.3 is 5.97 Å². The molecule has 1 aliphatic carbocycles. The fourth-order valence-corrected chi connectivity index (χ4v) is 1.71. The fraction of sp³-hybridized carbons (Fsp3) is 0.286. The van der Waals surface area contributed by atoms with Crippen LogP contribution in [0.5, 0.6) is 0 Å². The number of hydrogen-bond donors (Lipinski definition) is 2. The van der Waals surface area contributed by atoms with Gasteiger partial charge in [0, 0.05) is 5.57 Å². The Labute approximate surface area is 109 Å². The lowest BCUT2D eigenvalue weighted by Gasteiger charge is -2.12. The lowest BCUT2D eigenvalue weighted by atomic mass is 10.1. The number of nitrogens with one attached hydrogen (secondary N) is 1. The minimum Gasteiger partial charge on any atom is -0.480 e. The molecule has 0 atom stereocenters. The molecule has 2 N–H and O–H groups in total. The van der Waals surface area contributed by atoms with Gasteiger partial charge in [-0.2, -0.15) is 0 Å². The molecule has 1 aliphatic rings. The zero-order valence-corrected chi connectivity index (χ0v) is 10.4. The standard InChI is InChI=1S/C14H14FNO3/c1-9(8-10-2-4-11(15)5-3-10)12(17)16-14(6-7-14)13(18)19/h2-5,8H,6-7H2,1H3,(H,16,17)(H,18,19). The van der Waals surface area contributed by atoms with Gasteiger partial charge in [0.1, 0.15) is 11.4 Å². The molecule has 0 aromatic heterocycles. The number of aliphatic carboxylic acids is 1. The number of halogens is 1. The first kappa shape index (κ1) is 13.3. The highest BCUT2D eigenvalue weighted by Gasteiger charge is 2.51. The van der Waals surface area contributed by atoms with Crippen molar-refractivity contribution in [1.29, 1.82) is 0 Å². The number of benzene rings is 1. The highest BCUT2D eigenvalue weighted by atomic mass is 19.1. The van der Waals surface area contributed by atoms with Crippen LogP contribution in [0.1, 0.15) is 25.3 Å². The molecule has 0 unspecified atom stereocenters. The smallest absolute Gasteiger partial charge is 0.329 e. The first-order valence-corrected chi connectivity index (χ1v) is 5.93. The summed E-state index contributed by atoms with van der Waals surface area (Å²) in [6.07, 6.45) is 2.50. The van der Waals surface area contributed by atoms with Crippen LogP contribution in [-0.2, 0) is 9.59 Å². The average molecular weight is 263 g/mol.